The molecule has 0 spiro atoms. The number of para-hydroxylation sites is 1. The van der Waals surface area contributed by atoms with E-state index in [2.05, 4.69) is 4.98 Å². The predicted octanol–water partition coefficient (Wildman–Crippen LogP) is -0.303. The van der Waals surface area contributed by atoms with Crippen molar-refractivity contribution in [1.29, 1.82) is 0 Å². The zero-order valence-corrected chi connectivity index (χ0v) is 14.4. The van der Waals surface area contributed by atoms with Gasteiger partial charge in [0.2, 0.25) is 0 Å². The number of nitrogens with one attached hydrogen (secondary N) is 1. The molecule has 0 amide bonds. The molecule has 0 fully saturated rings. The van der Waals surface area contributed by atoms with Gasteiger partial charge in [-0.05, 0) is 18.1 Å². The molecule has 0 aliphatic rings. The van der Waals surface area contributed by atoms with Crippen LogP contribution in [0.1, 0.15) is 26.8 Å². The van der Waals surface area contributed by atoms with Crippen molar-refractivity contribution in [3.05, 3.63) is 36.0 Å². The van der Waals surface area contributed by atoms with Crippen LogP contribution in [-0.2, 0) is 20.7 Å². The number of hydrogen-bond donors (Lipinski definition) is 1. The van der Waals surface area contributed by atoms with Gasteiger partial charge < -0.3 is 11.1 Å². The van der Waals surface area contributed by atoms with E-state index in [1.54, 1.807) is 6.20 Å². The Hall–Kier alpha value is -0.464. The minimum Gasteiger partial charge on any atom is -1.00 e. The topological polar surface area (TPSA) is 59.2 Å². The number of rotatable bonds is 4. The maximum absolute atomic E-state index is 11.6. The summed E-state index contributed by atoms with van der Waals surface area (Å²) < 4.78 is 4.72. The van der Waals surface area contributed by atoms with Crippen LogP contribution in [0.15, 0.2) is 30.5 Å². The van der Waals surface area contributed by atoms with Crippen LogP contribution >= 0.6 is 0 Å². The fraction of sp³-hybridized carbons (Fsp3) is 0.286. The summed E-state index contributed by atoms with van der Waals surface area (Å²) in [6.07, 6.45) is 2.84. The minimum absolute atomic E-state index is 0. The third-order valence-electron chi connectivity index (χ3n) is 2.69. The van der Waals surface area contributed by atoms with E-state index in [4.69, 9.17) is 4.74 Å². The number of esters is 2. The monoisotopic (exact) mass is 285 g/mol. The third kappa shape index (κ3) is 4.54. The zero-order valence-electron chi connectivity index (χ0n) is 12.2. The van der Waals surface area contributed by atoms with E-state index < -0.39 is 11.9 Å². The first-order valence-corrected chi connectivity index (χ1v) is 5.99. The van der Waals surface area contributed by atoms with E-state index in [0.29, 0.717) is 6.42 Å². The number of benzene rings is 1. The Morgan fingerprint density at radius 2 is 2.00 bits per heavy atom. The molecule has 1 aromatic heterocycles. The predicted molar refractivity (Wildman–Crippen MR) is 69.1 cm³/mol. The number of hydrogen-bond acceptors (Lipinski definition) is 3. The van der Waals surface area contributed by atoms with Crippen molar-refractivity contribution in [3.63, 3.8) is 0 Å². The Morgan fingerprint density at radius 3 is 2.74 bits per heavy atom. The summed E-state index contributed by atoms with van der Waals surface area (Å²) in [5.41, 5.74) is 1.82. The Bertz CT molecular complexity index is 583. The molecule has 4 nitrogen and oxygen atoms in total. The molecule has 1 N–H and O–H groups in total. The van der Waals surface area contributed by atoms with Crippen LogP contribution in [-0.4, -0.2) is 16.9 Å². The second-order valence-corrected chi connectivity index (χ2v) is 4.13. The summed E-state index contributed by atoms with van der Waals surface area (Å²) in [5.74, 6) is -0.958. The molecule has 0 saturated heterocycles. The zero-order chi connectivity index (χ0) is 13.0. The third-order valence-corrected chi connectivity index (χ3v) is 2.69. The van der Waals surface area contributed by atoms with Crippen LogP contribution in [0.2, 0.25) is 0 Å². The number of fused-ring (bicyclic) bond motifs is 1. The first kappa shape index (κ1) is 16.6. The van der Waals surface area contributed by atoms with Gasteiger partial charge in [-0.15, -0.1) is 0 Å². The summed E-state index contributed by atoms with van der Waals surface area (Å²) >= 11 is 0. The average molecular weight is 285 g/mol. The van der Waals surface area contributed by atoms with E-state index in [-0.39, 0.29) is 65.7 Å². The van der Waals surface area contributed by atoms with Crippen LogP contribution in [0.25, 0.3) is 10.9 Å². The van der Waals surface area contributed by atoms with Gasteiger partial charge in [-0.2, -0.15) is 0 Å². The van der Waals surface area contributed by atoms with Crippen LogP contribution in [0.5, 0.6) is 0 Å². The average Bonchev–Trinajstić information content (AvgIpc) is 2.73. The van der Waals surface area contributed by atoms with E-state index in [1.165, 1.54) is 0 Å². The molecule has 1 heterocycles. The van der Waals surface area contributed by atoms with Gasteiger partial charge in [0, 0.05) is 23.5 Å². The summed E-state index contributed by atoms with van der Waals surface area (Å²) in [7, 11) is 0. The quantitative estimate of drug-likeness (QED) is 0.476. The number of carbonyl (C=O) groups excluding carboxylic acids is 2. The largest absolute Gasteiger partial charge is 1.00 e. The van der Waals surface area contributed by atoms with Crippen molar-refractivity contribution >= 4 is 22.8 Å². The number of aromatic amines is 1. The molecule has 0 radical (unpaired) electrons. The number of H-pyrrole nitrogens is 1. The molecule has 0 aliphatic carbocycles. The van der Waals surface area contributed by atoms with Gasteiger partial charge in [-0.25, -0.2) is 0 Å². The number of carbonyl (C=O) groups is 2. The molecule has 96 valence electrons. The molecular weight excluding hydrogens is 269 g/mol. The smallest absolute Gasteiger partial charge is 1.00 e. The minimum atomic E-state index is -0.502. The van der Waals surface area contributed by atoms with Gasteiger partial charge in [0.05, 0.1) is 6.42 Å². The van der Waals surface area contributed by atoms with E-state index in [0.717, 1.165) is 16.5 Å². The van der Waals surface area contributed by atoms with Crippen molar-refractivity contribution in [3.8, 4) is 0 Å². The summed E-state index contributed by atoms with van der Waals surface area (Å²) in [6.45, 7) is 1.87. The maximum Gasteiger partial charge on any atom is 1.00 e. The van der Waals surface area contributed by atoms with Gasteiger partial charge in [0.1, 0.15) is 0 Å². The summed E-state index contributed by atoms with van der Waals surface area (Å²) in [5, 5.41) is 0.984. The fourth-order valence-electron chi connectivity index (χ4n) is 1.85. The van der Waals surface area contributed by atoms with Crippen molar-refractivity contribution < 1.29 is 67.1 Å². The Morgan fingerprint density at radius 1 is 1.26 bits per heavy atom. The molecule has 0 atom stereocenters. The normalized spacial score (nSPS) is 9.95. The van der Waals surface area contributed by atoms with Gasteiger partial charge in [-0.3, -0.25) is 9.59 Å². The van der Waals surface area contributed by atoms with Crippen molar-refractivity contribution in [2.24, 2.45) is 0 Å². The molecule has 0 bridgehead atoms. The maximum atomic E-state index is 11.6. The Kier molecular flexibility index (Phi) is 6.96. The molecule has 19 heavy (non-hydrogen) atoms. The van der Waals surface area contributed by atoms with E-state index in [9.17, 15) is 9.59 Å². The van der Waals surface area contributed by atoms with Crippen molar-refractivity contribution in [2.45, 2.75) is 26.2 Å². The van der Waals surface area contributed by atoms with Gasteiger partial charge in [-0.1, -0.05) is 25.1 Å². The number of ether oxygens (including phenoxy) is 1. The fourth-order valence-corrected chi connectivity index (χ4v) is 1.85. The molecule has 5 heteroatoms. The van der Waals surface area contributed by atoms with Crippen LogP contribution in [0.4, 0.5) is 0 Å². The first-order chi connectivity index (χ1) is 8.70. The van der Waals surface area contributed by atoms with E-state index >= 15 is 0 Å². The molecule has 2 rings (SSSR count). The van der Waals surface area contributed by atoms with Crippen LogP contribution in [0.3, 0.4) is 0 Å². The standard InChI is InChI=1S/C14H15NO3.K.H/c1-2-5-13(16)18-14(17)8-10-9-15-12-7-4-3-6-11(10)12;;/h3-4,6-7,9,15H,2,5,8H2,1H3;;/q;+1;-1. The molecule has 1 aromatic carbocycles. The van der Waals surface area contributed by atoms with Gasteiger partial charge in [0.15, 0.2) is 0 Å². The van der Waals surface area contributed by atoms with Crippen LogP contribution < -0.4 is 51.4 Å². The SMILES string of the molecule is CCCC(=O)OC(=O)Cc1c[nH]c2ccccc12.[H-].[K+]. The Labute approximate surface area is 155 Å². The van der Waals surface area contributed by atoms with Crippen molar-refractivity contribution in [1.82, 2.24) is 4.98 Å². The van der Waals surface area contributed by atoms with E-state index in [1.807, 2.05) is 31.2 Å². The van der Waals surface area contributed by atoms with Crippen LogP contribution in [0, 0.1) is 0 Å². The summed E-state index contributed by atoms with van der Waals surface area (Å²) in [6, 6.07) is 7.70. The molecule has 0 saturated carbocycles. The second kappa shape index (κ2) is 7.97. The number of aromatic nitrogens is 1. The molecular formula is C14H16KNO3. The van der Waals surface area contributed by atoms with Gasteiger partial charge in [0.25, 0.3) is 0 Å². The second-order valence-electron chi connectivity index (χ2n) is 4.13. The summed E-state index contributed by atoms with van der Waals surface area (Å²) in [4.78, 5) is 25.9. The molecule has 0 aliphatic heterocycles. The van der Waals surface area contributed by atoms with Crippen molar-refractivity contribution in [2.75, 3.05) is 0 Å². The molecule has 2 aromatic rings. The molecule has 0 unspecified atom stereocenters. The van der Waals surface area contributed by atoms with Gasteiger partial charge >= 0.3 is 63.3 Å². The first-order valence-electron chi connectivity index (χ1n) is 5.99. The Balaban J connectivity index is 0.00000180.